The second-order valence-electron chi connectivity index (χ2n) is 3.28. The molecule has 0 atom stereocenters. The van der Waals surface area contributed by atoms with Crippen LogP contribution in [-0.2, 0) is 15.7 Å². The summed E-state index contributed by atoms with van der Waals surface area (Å²) in [6.45, 7) is 0. The number of halogens is 3. The highest BCUT2D eigenvalue weighted by Crippen LogP contribution is 2.29. The van der Waals surface area contributed by atoms with Crippen LogP contribution < -0.4 is 0 Å². The summed E-state index contributed by atoms with van der Waals surface area (Å²) in [7, 11) is 1.08. The minimum atomic E-state index is -4.47. The summed E-state index contributed by atoms with van der Waals surface area (Å²) in [4.78, 5) is 11.1. The fourth-order valence-corrected chi connectivity index (χ4v) is 1.22. The molecule has 94 valence electrons. The van der Waals surface area contributed by atoms with Gasteiger partial charge in [0.05, 0.1) is 12.7 Å². The lowest BCUT2D eigenvalue weighted by Gasteiger charge is -2.06. The van der Waals surface area contributed by atoms with Crippen molar-refractivity contribution >= 4 is 12.0 Å². The molecule has 0 heterocycles. The molecule has 0 spiro atoms. The molecule has 1 aromatic rings. The first-order valence-electron chi connectivity index (χ1n) is 4.76. The van der Waals surface area contributed by atoms with Crippen molar-refractivity contribution in [1.29, 1.82) is 5.26 Å². The smallest absolute Gasteiger partial charge is 0.416 e. The Kier molecular flexibility index (Phi) is 4.10. The first-order chi connectivity index (χ1) is 8.38. The van der Waals surface area contributed by atoms with Crippen LogP contribution in [-0.4, -0.2) is 13.1 Å². The Bertz CT molecular complexity index is 527. The van der Waals surface area contributed by atoms with Crippen molar-refractivity contribution in [2.45, 2.75) is 6.18 Å². The van der Waals surface area contributed by atoms with Crippen LogP contribution in [0.4, 0.5) is 13.2 Å². The van der Waals surface area contributed by atoms with Gasteiger partial charge in [0.2, 0.25) is 0 Å². The summed E-state index contributed by atoms with van der Waals surface area (Å²) in [6.07, 6.45) is -3.43. The molecule has 0 aliphatic rings. The van der Waals surface area contributed by atoms with Gasteiger partial charge in [-0.15, -0.1) is 0 Å². The van der Waals surface area contributed by atoms with Gasteiger partial charge >= 0.3 is 12.1 Å². The molecule has 0 saturated heterocycles. The number of esters is 1. The van der Waals surface area contributed by atoms with Crippen LogP contribution in [0.15, 0.2) is 29.8 Å². The molecule has 0 aromatic heterocycles. The number of carbonyl (C=O) groups excluding carboxylic acids is 1. The lowest BCUT2D eigenvalue weighted by atomic mass is 10.1. The molecular formula is C12H8F3NO2. The summed E-state index contributed by atoms with van der Waals surface area (Å²) in [6, 6.07) is 5.87. The molecule has 18 heavy (non-hydrogen) atoms. The Morgan fingerprint density at radius 3 is 2.61 bits per heavy atom. The molecule has 0 unspecified atom stereocenters. The van der Waals surface area contributed by atoms with Gasteiger partial charge in [0, 0.05) is 0 Å². The number of ether oxygens (including phenoxy) is 1. The molecule has 0 amide bonds. The number of hydrogen-bond acceptors (Lipinski definition) is 3. The van der Waals surface area contributed by atoms with Gasteiger partial charge in [-0.05, 0) is 23.8 Å². The summed E-state index contributed by atoms with van der Waals surface area (Å²) in [5.41, 5.74) is -1.11. The predicted molar refractivity (Wildman–Crippen MR) is 57.1 cm³/mol. The molecule has 0 saturated carbocycles. The third-order valence-corrected chi connectivity index (χ3v) is 2.05. The number of benzene rings is 1. The largest absolute Gasteiger partial charge is 0.465 e. The number of alkyl halides is 3. The van der Waals surface area contributed by atoms with E-state index in [1.165, 1.54) is 12.1 Å². The summed E-state index contributed by atoms with van der Waals surface area (Å²) in [5, 5.41) is 8.68. The van der Waals surface area contributed by atoms with Gasteiger partial charge < -0.3 is 4.74 Å². The van der Waals surface area contributed by atoms with E-state index in [1.807, 2.05) is 0 Å². The maximum absolute atomic E-state index is 12.4. The van der Waals surface area contributed by atoms with Crippen LogP contribution in [0.1, 0.15) is 11.1 Å². The van der Waals surface area contributed by atoms with Crippen molar-refractivity contribution in [1.82, 2.24) is 0 Å². The van der Waals surface area contributed by atoms with Crippen molar-refractivity contribution in [3.8, 4) is 6.07 Å². The van der Waals surface area contributed by atoms with E-state index in [1.54, 1.807) is 6.07 Å². The van der Waals surface area contributed by atoms with Crippen LogP contribution in [0.2, 0.25) is 0 Å². The normalized spacial score (nSPS) is 11.8. The Morgan fingerprint density at radius 1 is 1.44 bits per heavy atom. The van der Waals surface area contributed by atoms with Crippen LogP contribution in [0.3, 0.4) is 0 Å². The molecule has 0 N–H and O–H groups in total. The van der Waals surface area contributed by atoms with Crippen LogP contribution in [0.25, 0.3) is 6.08 Å². The second kappa shape index (κ2) is 5.36. The lowest BCUT2D eigenvalue weighted by Crippen LogP contribution is -2.05. The first-order valence-corrected chi connectivity index (χ1v) is 4.76. The zero-order valence-corrected chi connectivity index (χ0v) is 9.28. The van der Waals surface area contributed by atoms with Gasteiger partial charge in [-0.1, -0.05) is 12.1 Å². The Balaban J connectivity index is 3.16. The van der Waals surface area contributed by atoms with Gasteiger partial charge in [0.1, 0.15) is 11.6 Å². The summed E-state index contributed by atoms with van der Waals surface area (Å²) >= 11 is 0. The van der Waals surface area contributed by atoms with Crippen molar-refractivity contribution in [3.05, 3.63) is 41.0 Å². The van der Waals surface area contributed by atoms with E-state index in [4.69, 9.17) is 5.26 Å². The maximum Gasteiger partial charge on any atom is 0.416 e. The van der Waals surface area contributed by atoms with Gasteiger partial charge in [-0.25, -0.2) is 4.79 Å². The van der Waals surface area contributed by atoms with Crippen molar-refractivity contribution in [2.75, 3.05) is 7.11 Å². The third kappa shape index (κ3) is 3.35. The molecule has 0 aliphatic carbocycles. The average molecular weight is 255 g/mol. The van der Waals surface area contributed by atoms with Gasteiger partial charge in [-0.2, -0.15) is 18.4 Å². The Morgan fingerprint density at radius 2 is 2.11 bits per heavy atom. The number of nitriles is 1. The van der Waals surface area contributed by atoms with Crippen LogP contribution >= 0.6 is 0 Å². The number of methoxy groups -OCH3 is 1. The fourth-order valence-electron chi connectivity index (χ4n) is 1.22. The highest BCUT2D eigenvalue weighted by Gasteiger charge is 2.30. The number of nitrogens with zero attached hydrogens (tertiary/aromatic N) is 1. The highest BCUT2D eigenvalue weighted by molar-refractivity contribution is 5.97. The van der Waals surface area contributed by atoms with Gasteiger partial charge in [0.15, 0.2) is 0 Å². The zero-order valence-electron chi connectivity index (χ0n) is 9.28. The molecule has 6 heteroatoms. The number of carbonyl (C=O) groups is 1. The first kappa shape index (κ1) is 13.8. The molecule has 0 radical (unpaired) electrons. The topological polar surface area (TPSA) is 50.1 Å². The lowest BCUT2D eigenvalue weighted by molar-refractivity contribution is -0.137. The number of hydrogen-bond donors (Lipinski definition) is 0. The van der Waals surface area contributed by atoms with E-state index in [2.05, 4.69) is 4.74 Å². The van der Waals surface area contributed by atoms with E-state index >= 15 is 0 Å². The minimum Gasteiger partial charge on any atom is -0.465 e. The summed E-state index contributed by atoms with van der Waals surface area (Å²) in [5.74, 6) is -0.894. The molecular weight excluding hydrogens is 247 g/mol. The van der Waals surface area contributed by atoms with Crippen molar-refractivity contribution in [3.63, 3.8) is 0 Å². The fraction of sp³-hybridized carbons (Fsp3) is 0.167. The van der Waals surface area contributed by atoms with Gasteiger partial charge in [0.25, 0.3) is 0 Å². The van der Waals surface area contributed by atoms with E-state index in [0.29, 0.717) is 0 Å². The van der Waals surface area contributed by atoms with Crippen molar-refractivity contribution < 1.29 is 22.7 Å². The third-order valence-electron chi connectivity index (χ3n) is 2.05. The second-order valence-corrected chi connectivity index (χ2v) is 3.28. The van der Waals surface area contributed by atoms with Crippen LogP contribution in [0, 0.1) is 11.3 Å². The van der Waals surface area contributed by atoms with E-state index in [0.717, 1.165) is 25.3 Å². The molecule has 0 bridgehead atoms. The number of rotatable bonds is 2. The maximum atomic E-state index is 12.4. The minimum absolute atomic E-state index is 0.103. The monoisotopic (exact) mass is 255 g/mol. The highest BCUT2D eigenvalue weighted by atomic mass is 19.4. The molecule has 1 aromatic carbocycles. The Hall–Kier alpha value is -2.29. The predicted octanol–water partition coefficient (Wildman–Crippen LogP) is 2.79. The SMILES string of the molecule is COC(=O)C(C#N)=Cc1cccc(C(F)(F)F)c1. The van der Waals surface area contributed by atoms with E-state index in [9.17, 15) is 18.0 Å². The van der Waals surface area contributed by atoms with E-state index < -0.39 is 17.7 Å². The molecule has 0 aliphatic heterocycles. The van der Waals surface area contributed by atoms with Gasteiger partial charge in [-0.3, -0.25) is 0 Å². The standard InChI is InChI=1S/C12H8F3NO2/c1-18-11(17)9(7-16)5-8-3-2-4-10(6-8)12(13,14)15/h2-6H,1H3. The quantitative estimate of drug-likeness (QED) is 0.464. The average Bonchev–Trinajstić information content (AvgIpc) is 2.34. The van der Waals surface area contributed by atoms with E-state index in [-0.39, 0.29) is 11.1 Å². The van der Waals surface area contributed by atoms with Crippen molar-refractivity contribution in [2.24, 2.45) is 0 Å². The zero-order chi connectivity index (χ0) is 13.8. The molecule has 3 nitrogen and oxygen atoms in total. The Labute approximate surface area is 101 Å². The molecule has 1 rings (SSSR count). The molecule has 0 fully saturated rings. The van der Waals surface area contributed by atoms with Crippen LogP contribution in [0.5, 0.6) is 0 Å². The summed E-state index contributed by atoms with van der Waals surface area (Å²) < 4.78 is 41.6.